The van der Waals surface area contributed by atoms with Crippen molar-refractivity contribution in [3.05, 3.63) is 28.8 Å². The lowest BCUT2D eigenvalue weighted by molar-refractivity contribution is -0.139. The van der Waals surface area contributed by atoms with Crippen molar-refractivity contribution in [3.8, 4) is 0 Å². The molecule has 4 nitrogen and oxygen atoms in total. The lowest BCUT2D eigenvalue weighted by Gasteiger charge is -2.11. The average Bonchev–Trinajstić information content (AvgIpc) is 2.09. The number of carboxylic acids is 1. The molecule has 0 spiro atoms. The molecule has 0 bridgehead atoms. The molecule has 0 aliphatic rings. The Hall–Kier alpha value is -1.84. The number of carbonyl (C=O) groups is 2. The van der Waals surface area contributed by atoms with Gasteiger partial charge >= 0.3 is 5.97 Å². The van der Waals surface area contributed by atoms with Crippen LogP contribution in [0.4, 0.5) is 5.69 Å². The molecule has 0 aliphatic carbocycles. The van der Waals surface area contributed by atoms with Crippen molar-refractivity contribution in [2.24, 2.45) is 0 Å². The van der Waals surface area contributed by atoms with Crippen LogP contribution >= 0.6 is 0 Å². The summed E-state index contributed by atoms with van der Waals surface area (Å²) >= 11 is 0. The van der Waals surface area contributed by atoms with E-state index < -0.39 is 18.3 Å². The highest BCUT2D eigenvalue weighted by Gasteiger charge is 2.11. The predicted octanol–water partition coefficient (Wildman–Crippen LogP) is 2.03. The van der Waals surface area contributed by atoms with Crippen LogP contribution in [0.3, 0.4) is 0 Å². The third-order valence-electron chi connectivity index (χ3n) is 2.25. The Bertz CT molecular complexity index is 415. The first-order chi connectivity index (χ1) is 7.40. The molecular weight excluding hydrogens is 206 g/mol. The van der Waals surface area contributed by atoms with E-state index in [1.165, 1.54) is 0 Å². The van der Waals surface area contributed by atoms with Gasteiger partial charge in [-0.05, 0) is 31.9 Å². The Morgan fingerprint density at radius 1 is 1.19 bits per heavy atom. The van der Waals surface area contributed by atoms with Crippen molar-refractivity contribution in [1.29, 1.82) is 0 Å². The summed E-state index contributed by atoms with van der Waals surface area (Å²) in [4.78, 5) is 21.7. The number of nitrogens with one attached hydrogen (secondary N) is 1. The second-order valence-corrected chi connectivity index (χ2v) is 3.89. The van der Waals surface area contributed by atoms with Crippen LogP contribution in [-0.2, 0) is 9.59 Å². The molecule has 0 radical (unpaired) electrons. The van der Waals surface area contributed by atoms with Gasteiger partial charge in [0, 0.05) is 5.69 Å². The zero-order chi connectivity index (χ0) is 12.3. The van der Waals surface area contributed by atoms with Crippen molar-refractivity contribution in [2.45, 2.75) is 27.2 Å². The zero-order valence-corrected chi connectivity index (χ0v) is 9.63. The molecule has 0 heterocycles. The Morgan fingerprint density at radius 3 is 2.12 bits per heavy atom. The number of aliphatic carboxylic acids is 1. The van der Waals surface area contributed by atoms with E-state index in [-0.39, 0.29) is 0 Å². The number of benzene rings is 1. The van der Waals surface area contributed by atoms with Crippen LogP contribution in [0.5, 0.6) is 0 Å². The fraction of sp³-hybridized carbons (Fsp3) is 0.333. The number of hydrogen-bond acceptors (Lipinski definition) is 2. The molecule has 1 aromatic rings. The summed E-state index contributed by atoms with van der Waals surface area (Å²) in [5.74, 6) is -1.62. The van der Waals surface area contributed by atoms with E-state index in [9.17, 15) is 9.59 Å². The van der Waals surface area contributed by atoms with Crippen LogP contribution < -0.4 is 5.32 Å². The fourth-order valence-electron chi connectivity index (χ4n) is 1.70. The van der Waals surface area contributed by atoms with Crippen LogP contribution in [0.15, 0.2) is 12.1 Å². The first-order valence-corrected chi connectivity index (χ1v) is 4.99. The minimum Gasteiger partial charge on any atom is -0.481 e. The van der Waals surface area contributed by atoms with E-state index in [1.807, 2.05) is 32.9 Å². The molecule has 0 unspecified atom stereocenters. The SMILES string of the molecule is Cc1cc(C)c(NC(=O)CC(=O)O)c(C)c1. The number of amides is 1. The van der Waals surface area contributed by atoms with E-state index in [0.717, 1.165) is 16.7 Å². The third-order valence-corrected chi connectivity index (χ3v) is 2.25. The smallest absolute Gasteiger partial charge is 0.312 e. The van der Waals surface area contributed by atoms with E-state index in [0.29, 0.717) is 5.69 Å². The Kier molecular flexibility index (Phi) is 3.66. The molecule has 4 heteroatoms. The van der Waals surface area contributed by atoms with Crippen molar-refractivity contribution in [2.75, 3.05) is 5.32 Å². The third kappa shape index (κ3) is 3.08. The van der Waals surface area contributed by atoms with Gasteiger partial charge in [0.05, 0.1) is 0 Å². The summed E-state index contributed by atoms with van der Waals surface area (Å²) < 4.78 is 0. The number of carbonyl (C=O) groups excluding carboxylic acids is 1. The molecule has 1 rings (SSSR count). The van der Waals surface area contributed by atoms with E-state index >= 15 is 0 Å². The van der Waals surface area contributed by atoms with Crippen LogP contribution in [0.2, 0.25) is 0 Å². The maximum absolute atomic E-state index is 11.3. The fourth-order valence-corrected chi connectivity index (χ4v) is 1.70. The van der Waals surface area contributed by atoms with Gasteiger partial charge in [-0.3, -0.25) is 9.59 Å². The molecule has 0 saturated heterocycles. The van der Waals surface area contributed by atoms with E-state index in [1.54, 1.807) is 0 Å². The molecule has 0 saturated carbocycles. The van der Waals surface area contributed by atoms with Gasteiger partial charge in [0.25, 0.3) is 0 Å². The molecule has 1 aromatic carbocycles. The summed E-state index contributed by atoms with van der Waals surface area (Å²) in [6, 6.07) is 3.90. The van der Waals surface area contributed by atoms with Gasteiger partial charge in [-0.25, -0.2) is 0 Å². The summed E-state index contributed by atoms with van der Waals surface area (Å²) in [5.41, 5.74) is 3.70. The second-order valence-electron chi connectivity index (χ2n) is 3.89. The monoisotopic (exact) mass is 221 g/mol. The largest absolute Gasteiger partial charge is 0.481 e. The molecule has 0 aliphatic heterocycles. The maximum Gasteiger partial charge on any atom is 0.312 e. The molecule has 2 N–H and O–H groups in total. The minimum atomic E-state index is -1.13. The first kappa shape index (κ1) is 12.2. The lowest BCUT2D eigenvalue weighted by atomic mass is 10.1. The highest BCUT2D eigenvalue weighted by molar-refractivity contribution is 6.02. The molecule has 0 aromatic heterocycles. The van der Waals surface area contributed by atoms with Crippen LogP contribution in [0, 0.1) is 20.8 Å². The number of hydrogen-bond donors (Lipinski definition) is 2. The average molecular weight is 221 g/mol. The number of anilines is 1. The Balaban J connectivity index is 2.89. The normalized spacial score (nSPS) is 9.94. The lowest BCUT2D eigenvalue weighted by Crippen LogP contribution is -2.17. The molecule has 16 heavy (non-hydrogen) atoms. The van der Waals surface area contributed by atoms with Gasteiger partial charge in [0.1, 0.15) is 6.42 Å². The molecule has 1 amide bonds. The standard InChI is InChI=1S/C12H15NO3/c1-7-4-8(2)12(9(3)5-7)13-10(14)6-11(15)16/h4-5H,6H2,1-3H3,(H,13,14)(H,15,16). The van der Waals surface area contributed by atoms with Gasteiger partial charge in [0.15, 0.2) is 0 Å². The summed E-state index contributed by atoms with van der Waals surface area (Å²) in [6.07, 6.45) is -0.507. The second kappa shape index (κ2) is 4.79. The molecule has 0 atom stereocenters. The number of rotatable bonds is 3. The van der Waals surface area contributed by atoms with Crippen LogP contribution in [0.25, 0.3) is 0 Å². The van der Waals surface area contributed by atoms with E-state index in [4.69, 9.17) is 5.11 Å². The molecule has 86 valence electrons. The molecule has 0 fully saturated rings. The Labute approximate surface area is 94.3 Å². The van der Waals surface area contributed by atoms with Gasteiger partial charge < -0.3 is 10.4 Å². The van der Waals surface area contributed by atoms with Gasteiger partial charge in [-0.1, -0.05) is 17.7 Å². The summed E-state index contributed by atoms with van der Waals surface area (Å²) in [6.45, 7) is 5.75. The predicted molar refractivity (Wildman–Crippen MR) is 61.5 cm³/mol. The highest BCUT2D eigenvalue weighted by atomic mass is 16.4. The Morgan fingerprint density at radius 2 is 1.69 bits per heavy atom. The van der Waals surface area contributed by atoms with Crippen molar-refractivity contribution < 1.29 is 14.7 Å². The zero-order valence-electron chi connectivity index (χ0n) is 9.63. The van der Waals surface area contributed by atoms with Crippen molar-refractivity contribution in [1.82, 2.24) is 0 Å². The highest BCUT2D eigenvalue weighted by Crippen LogP contribution is 2.21. The van der Waals surface area contributed by atoms with Crippen LogP contribution in [0.1, 0.15) is 23.1 Å². The summed E-state index contributed by atoms with van der Waals surface area (Å²) in [7, 11) is 0. The van der Waals surface area contributed by atoms with Gasteiger partial charge in [-0.15, -0.1) is 0 Å². The van der Waals surface area contributed by atoms with Crippen molar-refractivity contribution >= 4 is 17.6 Å². The topological polar surface area (TPSA) is 66.4 Å². The van der Waals surface area contributed by atoms with Gasteiger partial charge in [0.2, 0.25) is 5.91 Å². The summed E-state index contributed by atoms with van der Waals surface area (Å²) in [5, 5.41) is 11.1. The number of aryl methyl sites for hydroxylation is 3. The quantitative estimate of drug-likeness (QED) is 0.767. The molecular formula is C12H15NO3. The maximum atomic E-state index is 11.3. The van der Waals surface area contributed by atoms with E-state index in [2.05, 4.69) is 5.32 Å². The van der Waals surface area contributed by atoms with Crippen LogP contribution in [-0.4, -0.2) is 17.0 Å². The first-order valence-electron chi connectivity index (χ1n) is 4.99. The number of carboxylic acid groups (broad SMARTS) is 1. The van der Waals surface area contributed by atoms with Crippen molar-refractivity contribution in [3.63, 3.8) is 0 Å². The van der Waals surface area contributed by atoms with Gasteiger partial charge in [-0.2, -0.15) is 0 Å². The minimum absolute atomic E-state index is 0.498.